The average Bonchev–Trinajstić information content (AvgIpc) is 2.36. The molecular weight excluding hydrogens is 312 g/mol. The third kappa shape index (κ3) is 11.2. The summed E-state index contributed by atoms with van der Waals surface area (Å²) in [5.74, 6) is 5.47. The number of hydrogen-bond acceptors (Lipinski definition) is 7. The number of aliphatic hydroxyl groups is 2. The minimum absolute atomic E-state index is 0.221. The number of thiol groups is 2. The molecule has 0 amide bonds. The third-order valence-corrected chi connectivity index (χ3v) is 7.17. The second kappa shape index (κ2) is 14.1. The Morgan fingerprint density at radius 3 is 2.12 bits per heavy atom. The van der Waals surface area contributed by atoms with Crippen molar-refractivity contribution in [2.24, 2.45) is 0 Å². The van der Waals surface area contributed by atoms with E-state index in [1.54, 1.807) is 11.8 Å². The molecule has 17 heavy (non-hydrogen) atoms. The Morgan fingerprint density at radius 2 is 1.59 bits per heavy atom. The predicted octanol–water partition coefficient (Wildman–Crippen LogP) is 1.77. The summed E-state index contributed by atoms with van der Waals surface area (Å²) in [5.41, 5.74) is 0. The van der Waals surface area contributed by atoms with Crippen LogP contribution in [0, 0.1) is 0 Å². The van der Waals surface area contributed by atoms with Crippen LogP contribution >= 0.6 is 60.5 Å². The van der Waals surface area contributed by atoms with E-state index < -0.39 is 0 Å². The summed E-state index contributed by atoms with van der Waals surface area (Å²) in [4.78, 5) is 0. The van der Waals surface area contributed by atoms with E-state index in [2.05, 4.69) is 25.3 Å². The summed E-state index contributed by atoms with van der Waals surface area (Å²) in [6, 6.07) is 0. The lowest BCUT2D eigenvalue weighted by atomic mass is 10.5. The zero-order chi connectivity index (χ0) is 12.9. The fourth-order valence-corrected chi connectivity index (χ4v) is 5.31. The zero-order valence-corrected chi connectivity index (χ0v) is 14.1. The number of thioether (sulfide) groups is 3. The fourth-order valence-electron chi connectivity index (χ4n) is 1.10. The molecule has 0 aromatic carbocycles. The molecule has 0 saturated carbocycles. The Balaban J connectivity index is 3.77. The molecule has 0 spiro atoms. The second-order valence-corrected chi connectivity index (χ2v) is 8.06. The van der Waals surface area contributed by atoms with Gasteiger partial charge >= 0.3 is 0 Å². The van der Waals surface area contributed by atoms with Crippen molar-refractivity contribution in [2.45, 2.75) is 10.5 Å². The van der Waals surface area contributed by atoms with Gasteiger partial charge in [0.2, 0.25) is 0 Å². The molecule has 2 nitrogen and oxygen atoms in total. The highest BCUT2D eigenvalue weighted by Gasteiger charge is 2.15. The van der Waals surface area contributed by atoms with Crippen LogP contribution in [0.25, 0.3) is 0 Å². The molecule has 0 aliphatic rings. The highest BCUT2D eigenvalue weighted by molar-refractivity contribution is 8.05. The largest absolute Gasteiger partial charge is 0.396 e. The lowest BCUT2D eigenvalue weighted by Gasteiger charge is -2.20. The quantitative estimate of drug-likeness (QED) is 0.323. The SMILES string of the molecule is OCCSCC(CS)SC(CO)CSCCS. The first kappa shape index (κ1) is 18.7. The number of rotatable bonds is 12. The van der Waals surface area contributed by atoms with Crippen LogP contribution in [0.5, 0.6) is 0 Å². The van der Waals surface area contributed by atoms with Gasteiger partial charge in [0.05, 0.1) is 13.2 Å². The van der Waals surface area contributed by atoms with Crippen molar-refractivity contribution in [3.8, 4) is 0 Å². The van der Waals surface area contributed by atoms with Gasteiger partial charge in [-0.25, -0.2) is 0 Å². The highest BCUT2D eigenvalue weighted by atomic mass is 32.2. The Labute approximate surface area is 128 Å². The lowest BCUT2D eigenvalue weighted by Crippen LogP contribution is -2.20. The minimum Gasteiger partial charge on any atom is -0.396 e. The molecule has 2 atom stereocenters. The molecule has 0 aromatic rings. The van der Waals surface area contributed by atoms with Crippen molar-refractivity contribution in [2.75, 3.05) is 47.7 Å². The molecule has 0 rings (SSSR count). The molecular formula is C10H22O2S5. The van der Waals surface area contributed by atoms with Crippen molar-refractivity contribution in [3.05, 3.63) is 0 Å². The summed E-state index contributed by atoms with van der Waals surface area (Å²) < 4.78 is 0. The van der Waals surface area contributed by atoms with E-state index in [9.17, 15) is 5.11 Å². The molecule has 2 N–H and O–H groups in total. The topological polar surface area (TPSA) is 40.5 Å². The van der Waals surface area contributed by atoms with Gasteiger partial charge in [-0.2, -0.15) is 60.5 Å². The van der Waals surface area contributed by atoms with Crippen LogP contribution in [-0.4, -0.2) is 68.4 Å². The molecule has 0 aliphatic carbocycles. The molecule has 0 aliphatic heterocycles. The van der Waals surface area contributed by atoms with Gasteiger partial charge in [0.1, 0.15) is 0 Å². The van der Waals surface area contributed by atoms with Crippen LogP contribution < -0.4 is 0 Å². The molecule has 0 bridgehead atoms. The van der Waals surface area contributed by atoms with Crippen LogP contribution in [0.1, 0.15) is 0 Å². The van der Waals surface area contributed by atoms with Gasteiger partial charge in [-0.05, 0) is 5.75 Å². The van der Waals surface area contributed by atoms with E-state index in [-0.39, 0.29) is 18.5 Å². The summed E-state index contributed by atoms with van der Waals surface area (Å²) in [6.45, 7) is 0.453. The number of hydrogen-bond donors (Lipinski definition) is 4. The van der Waals surface area contributed by atoms with Crippen molar-refractivity contribution < 1.29 is 10.2 Å². The Hall–Kier alpha value is 1.67. The monoisotopic (exact) mass is 334 g/mol. The van der Waals surface area contributed by atoms with Gasteiger partial charge in [-0.15, -0.1) is 0 Å². The molecule has 0 aromatic heterocycles. The minimum atomic E-state index is 0.221. The molecule has 0 fully saturated rings. The van der Waals surface area contributed by atoms with Crippen LogP contribution in [0.15, 0.2) is 0 Å². The summed E-state index contributed by atoms with van der Waals surface area (Å²) in [6.07, 6.45) is 0. The average molecular weight is 335 g/mol. The van der Waals surface area contributed by atoms with Gasteiger partial charge < -0.3 is 10.2 Å². The number of aliphatic hydroxyl groups excluding tert-OH is 2. The molecule has 0 saturated heterocycles. The Kier molecular flexibility index (Phi) is 15.5. The standard InChI is InChI=1S/C10H22O2S5/c11-1-3-15-8-10(6-14)17-9(5-12)7-16-4-2-13/h9-14H,1-8H2. The van der Waals surface area contributed by atoms with E-state index in [1.807, 2.05) is 23.5 Å². The van der Waals surface area contributed by atoms with Crippen LogP contribution in [-0.2, 0) is 0 Å². The summed E-state index contributed by atoms with van der Waals surface area (Å²) in [7, 11) is 0. The zero-order valence-electron chi connectivity index (χ0n) is 9.83. The molecule has 2 unspecified atom stereocenters. The van der Waals surface area contributed by atoms with E-state index in [4.69, 9.17) is 5.11 Å². The second-order valence-electron chi connectivity index (χ2n) is 3.34. The van der Waals surface area contributed by atoms with Crippen molar-refractivity contribution in [1.29, 1.82) is 0 Å². The van der Waals surface area contributed by atoms with Crippen molar-refractivity contribution >= 4 is 60.5 Å². The maximum Gasteiger partial charge on any atom is 0.0558 e. The first-order valence-electron chi connectivity index (χ1n) is 5.52. The van der Waals surface area contributed by atoms with Gasteiger partial charge in [-0.1, -0.05) is 0 Å². The Morgan fingerprint density at radius 1 is 0.941 bits per heavy atom. The molecule has 0 radical (unpaired) electrons. The van der Waals surface area contributed by atoms with E-state index in [0.29, 0.717) is 5.25 Å². The Bertz CT molecular complexity index is 146. The smallest absolute Gasteiger partial charge is 0.0558 e. The van der Waals surface area contributed by atoms with Gasteiger partial charge in [-0.3, -0.25) is 0 Å². The molecule has 0 heterocycles. The summed E-state index contributed by atoms with van der Waals surface area (Å²) >= 11 is 13.9. The van der Waals surface area contributed by atoms with E-state index in [1.165, 1.54) is 0 Å². The van der Waals surface area contributed by atoms with Crippen LogP contribution in [0.2, 0.25) is 0 Å². The van der Waals surface area contributed by atoms with Gasteiger partial charge in [0.25, 0.3) is 0 Å². The highest BCUT2D eigenvalue weighted by Crippen LogP contribution is 2.25. The van der Waals surface area contributed by atoms with E-state index in [0.717, 1.165) is 34.5 Å². The summed E-state index contributed by atoms with van der Waals surface area (Å²) in [5, 5.41) is 18.8. The van der Waals surface area contributed by atoms with Crippen molar-refractivity contribution in [3.63, 3.8) is 0 Å². The van der Waals surface area contributed by atoms with Gasteiger partial charge in [0.15, 0.2) is 0 Å². The lowest BCUT2D eigenvalue weighted by molar-refractivity contribution is 0.301. The molecule has 104 valence electrons. The maximum atomic E-state index is 9.32. The van der Waals surface area contributed by atoms with Crippen LogP contribution in [0.3, 0.4) is 0 Å². The van der Waals surface area contributed by atoms with E-state index >= 15 is 0 Å². The third-order valence-electron chi connectivity index (χ3n) is 1.87. The molecule has 7 heteroatoms. The normalized spacial score (nSPS) is 14.8. The predicted molar refractivity (Wildman–Crippen MR) is 91.7 cm³/mol. The van der Waals surface area contributed by atoms with Crippen LogP contribution in [0.4, 0.5) is 0 Å². The first-order valence-corrected chi connectivity index (χ1v) is 10.0. The first-order chi connectivity index (χ1) is 8.28. The van der Waals surface area contributed by atoms with Crippen molar-refractivity contribution in [1.82, 2.24) is 0 Å². The maximum absolute atomic E-state index is 9.32. The van der Waals surface area contributed by atoms with Gasteiger partial charge in [0, 0.05) is 39.3 Å². The fraction of sp³-hybridized carbons (Fsp3) is 1.00.